The van der Waals surface area contributed by atoms with E-state index in [1.54, 1.807) is 25.3 Å². The summed E-state index contributed by atoms with van der Waals surface area (Å²) in [5.74, 6) is 1.79. The third-order valence-corrected chi connectivity index (χ3v) is 4.77. The number of aromatic nitrogens is 3. The van der Waals surface area contributed by atoms with Crippen LogP contribution in [-0.4, -0.2) is 35.2 Å². The lowest BCUT2D eigenvalue weighted by molar-refractivity contribution is 0.262. The van der Waals surface area contributed by atoms with Crippen molar-refractivity contribution < 1.29 is 14.3 Å². The Kier molecular flexibility index (Phi) is 4.81. The van der Waals surface area contributed by atoms with Crippen LogP contribution in [0.5, 0.6) is 11.5 Å². The molecule has 2 aromatic carbocycles. The van der Waals surface area contributed by atoms with Gasteiger partial charge in [-0.05, 0) is 24.3 Å². The number of hydrogen-bond donors (Lipinski definition) is 3. The predicted octanol–water partition coefficient (Wildman–Crippen LogP) is 4.35. The maximum absolute atomic E-state index is 12.4. The zero-order valence-corrected chi connectivity index (χ0v) is 16.0. The van der Waals surface area contributed by atoms with Crippen LogP contribution < -0.4 is 20.1 Å². The number of methoxy groups -OCH3 is 2. The molecule has 0 unspecified atom stereocenters. The number of imidazole rings is 1. The zero-order chi connectivity index (χ0) is 19.5. The van der Waals surface area contributed by atoms with Crippen molar-refractivity contribution in [2.45, 2.75) is 0 Å². The molecular formula is C19H17N5O3S. The summed E-state index contributed by atoms with van der Waals surface area (Å²) in [6.45, 7) is 0. The highest BCUT2D eigenvalue weighted by molar-refractivity contribution is 7.14. The van der Waals surface area contributed by atoms with E-state index in [2.05, 4.69) is 25.6 Å². The number of nitrogens with zero attached hydrogens (tertiary/aromatic N) is 2. The SMILES string of the molecule is COc1ccc(OC)c(NC(=O)Nc2nc(-c3nc4ccccc4[nH]3)cs2)c1. The molecule has 0 saturated heterocycles. The predicted molar refractivity (Wildman–Crippen MR) is 109 cm³/mol. The number of urea groups is 1. The number of amides is 2. The van der Waals surface area contributed by atoms with Gasteiger partial charge < -0.3 is 19.8 Å². The van der Waals surface area contributed by atoms with Gasteiger partial charge in [-0.25, -0.2) is 14.8 Å². The maximum Gasteiger partial charge on any atom is 0.325 e. The molecule has 4 rings (SSSR count). The summed E-state index contributed by atoms with van der Waals surface area (Å²) >= 11 is 1.31. The quantitative estimate of drug-likeness (QED) is 0.466. The number of carbonyl (C=O) groups excluding carboxylic acids is 1. The minimum Gasteiger partial charge on any atom is -0.497 e. The summed E-state index contributed by atoms with van der Waals surface area (Å²) in [5, 5.41) is 7.75. The van der Waals surface area contributed by atoms with Crippen molar-refractivity contribution in [3.63, 3.8) is 0 Å². The average Bonchev–Trinajstić information content (AvgIpc) is 3.34. The van der Waals surface area contributed by atoms with Gasteiger partial charge in [0, 0.05) is 11.4 Å². The van der Waals surface area contributed by atoms with Gasteiger partial charge in [0.25, 0.3) is 0 Å². The van der Waals surface area contributed by atoms with Crippen LogP contribution >= 0.6 is 11.3 Å². The van der Waals surface area contributed by atoms with E-state index in [0.717, 1.165) is 11.0 Å². The van der Waals surface area contributed by atoms with Crippen LogP contribution in [0.3, 0.4) is 0 Å². The van der Waals surface area contributed by atoms with Crippen molar-refractivity contribution in [3.8, 4) is 23.0 Å². The summed E-state index contributed by atoms with van der Waals surface area (Å²) in [5.41, 5.74) is 2.95. The van der Waals surface area contributed by atoms with Crippen molar-refractivity contribution in [1.29, 1.82) is 0 Å². The zero-order valence-electron chi connectivity index (χ0n) is 15.1. The molecule has 0 bridgehead atoms. The highest BCUT2D eigenvalue weighted by Crippen LogP contribution is 2.29. The van der Waals surface area contributed by atoms with Gasteiger partial charge in [0.1, 0.15) is 17.2 Å². The number of nitrogens with one attached hydrogen (secondary N) is 3. The average molecular weight is 395 g/mol. The third kappa shape index (κ3) is 3.60. The van der Waals surface area contributed by atoms with Crippen LogP contribution in [-0.2, 0) is 0 Å². The van der Waals surface area contributed by atoms with Crippen LogP contribution in [0.4, 0.5) is 15.6 Å². The Morgan fingerprint density at radius 3 is 2.71 bits per heavy atom. The fourth-order valence-corrected chi connectivity index (χ4v) is 3.37. The molecule has 2 amide bonds. The fraction of sp³-hybridized carbons (Fsp3) is 0.105. The first-order valence-electron chi connectivity index (χ1n) is 8.37. The molecule has 0 aliphatic rings. The monoisotopic (exact) mass is 395 g/mol. The first kappa shape index (κ1) is 17.8. The summed E-state index contributed by atoms with van der Waals surface area (Å²) in [6.07, 6.45) is 0. The maximum atomic E-state index is 12.4. The lowest BCUT2D eigenvalue weighted by atomic mass is 10.2. The molecule has 4 aromatic rings. The smallest absolute Gasteiger partial charge is 0.325 e. The van der Waals surface area contributed by atoms with E-state index in [1.807, 2.05) is 29.6 Å². The second kappa shape index (κ2) is 7.57. The van der Waals surface area contributed by atoms with Crippen LogP contribution in [0.2, 0.25) is 0 Å². The highest BCUT2D eigenvalue weighted by Gasteiger charge is 2.13. The molecule has 3 N–H and O–H groups in total. The van der Waals surface area contributed by atoms with Crippen molar-refractivity contribution >= 4 is 39.2 Å². The molecule has 0 aliphatic heterocycles. The van der Waals surface area contributed by atoms with E-state index in [4.69, 9.17) is 9.47 Å². The van der Waals surface area contributed by atoms with Crippen LogP contribution in [0.25, 0.3) is 22.6 Å². The number of ether oxygens (including phenoxy) is 2. The van der Waals surface area contributed by atoms with Crippen molar-refractivity contribution in [2.75, 3.05) is 24.9 Å². The Hall–Kier alpha value is -3.59. The Morgan fingerprint density at radius 2 is 1.93 bits per heavy atom. The van der Waals surface area contributed by atoms with Crippen molar-refractivity contribution in [2.24, 2.45) is 0 Å². The number of anilines is 2. The lowest BCUT2D eigenvalue weighted by Crippen LogP contribution is -2.19. The molecule has 28 heavy (non-hydrogen) atoms. The van der Waals surface area contributed by atoms with Crippen LogP contribution in [0.1, 0.15) is 0 Å². The second-order valence-corrected chi connectivity index (χ2v) is 6.64. The van der Waals surface area contributed by atoms with Gasteiger partial charge in [0.2, 0.25) is 0 Å². The summed E-state index contributed by atoms with van der Waals surface area (Å²) in [7, 11) is 3.09. The van der Waals surface area contributed by atoms with Gasteiger partial charge in [-0.15, -0.1) is 11.3 Å². The third-order valence-electron chi connectivity index (χ3n) is 4.01. The molecule has 2 aromatic heterocycles. The van der Waals surface area contributed by atoms with Gasteiger partial charge in [-0.3, -0.25) is 5.32 Å². The topological polar surface area (TPSA) is 101 Å². The molecule has 0 spiro atoms. The Bertz CT molecular complexity index is 1100. The van der Waals surface area contributed by atoms with E-state index in [1.165, 1.54) is 18.4 Å². The number of fused-ring (bicyclic) bond motifs is 1. The molecule has 142 valence electrons. The number of thiazole rings is 1. The lowest BCUT2D eigenvalue weighted by Gasteiger charge is -2.11. The molecule has 8 nitrogen and oxygen atoms in total. The molecule has 0 atom stereocenters. The number of aromatic amines is 1. The molecule has 0 saturated carbocycles. The number of para-hydroxylation sites is 2. The fourth-order valence-electron chi connectivity index (χ4n) is 2.68. The highest BCUT2D eigenvalue weighted by atomic mass is 32.1. The summed E-state index contributed by atoms with van der Waals surface area (Å²) in [6, 6.07) is 12.5. The first-order valence-corrected chi connectivity index (χ1v) is 9.25. The number of rotatable bonds is 5. The van der Waals surface area contributed by atoms with Crippen molar-refractivity contribution in [3.05, 3.63) is 47.8 Å². The number of H-pyrrole nitrogens is 1. The summed E-state index contributed by atoms with van der Waals surface area (Å²) < 4.78 is 10.4. The summed E-state index contributed by atoms with van der Waals surface area (Å²) in [4.78, 5) is 24.5. The van der Waals surface area contributed by atoms with E-state index >= 15 is 0 Å². The van der Waals surface area contributed by atoms with Crippen LogP contribution in [0.15, 0.2) is 47.8 Å². The van der Waals surface area contributed by atoms with E-state index in [9.17, 15) is 4.79 Å². The minimum absolute atomic E-state index is 0.433. The van der Waals surface area contributed by atoms with Gasteiger partial charge in [-0.1, -0.05) is 12.1 Å². The molecule has 0 fully saturated rings. The van der Waals surface area contributed by atoms with Crippen LogP contribution in [0, 0.1) is 0 Å². The second-order valence-electron chi connectivity index (χ2n) is 5.79. The van der Waals surface area contributed by atoms with Gasteiger partial charge in [-0.2, -0.15) is 0 Å². The molecule has 2 heterocycles. The van der Waals surface area contributed by atoms with Crippen molar-refractivity contribution in [1.82, 2.24) is 15.0 Å². The molecular weight excluding hydrogens is 378 g/mol. The molecule has 0 aliphatic carbocycles. The molecule has 9 heteroatoms. The Labute approximate surface area is 164 Å². The van der Waals surface area contributed by atoms with E-state index in [-0.39, 0.29) is 0 Å². The number of hydrogen-bond acceptors (Lipinski definition) is 6. The standard InChI is InChI=1S/C19H17N5O3S/c1-26-11-7-8-16(27-2)14(9-11)22-18(25)24-19-23-15(10-28-19)17-20-12-5-3-4-6-13(12)21-17/h3-10H,1-2H3,(H,20,21)(H2,22,23,24,25). The number of benzene rings is 2. The largest absolute Gasteiger partial charge is 0.497 e. The van der Waals surface area contributed by atoms with Gasteiger partial charge in [0.05, 0.1) is 30.9 Å². The van der Waals surface area contributed by atoms with E-state index in [0.29, 0.717) is 33.8 Å². The first-order chi connectivity index (χ1) is 13.7. The Morgan fingerprint density at radius 1 is 1.07 bits per heavy atom. The van der Waals surface area contributed by atoms with Gasteiger partial charge >= 0.3 is 6.03 Å². The normalized spacial score (nSPS) is 10.6. The van der Waals surface area contributed by atoms with Gasteiger partial charge in [0.15, 0.2) is 11.0 Å². The minimum atomic E-state index is -0.433. The van der Waals surface area contributed by atoms with E-state index < -0.39 is 6.03 Å². The Balaban J connectivity index is 1.49. The molecule has 0 radical (unpaired) electrons. The number of carbonyl (C=O) groups is 1.